The fourth-order valence-corrected chi connectivity index (χ4v) is 9.15. The first-order valence-electron chi connectivity index (χ1n) is 19.7. The van der Waals surface area contributed by atoms with Gasteiger partial charge in [-0.25, -0.2) is 26.4 Å². The van der Waals surface area contributed by atoms with Gasteiger partial charge in [0.25, 0.3) is 0 Å². The molecule has 0 fully saturated rings. The van der Waals surface area contributed by atoms with Crippen molar-refractivity contribution in [1.29, 1.82) is 0 Å². The van der Waals surface area contributed by atoms with E-state index in [2.05, 4.69) is 9.44 Å². The second kappa shape index (κ2) is 18.6. The van der Waals surface area contributed by atoms with Crippen molar-refractivity contribution in [1.82, 2.24) is 9.44 Å². The lowest BCUT2D eigenvalue weighted by molar-refractivity contribution is -0.146. The van der Waals surface area contributed by atoms with Crippen molar-refractivity contribution in [2.45, 2.75) is 75.3 Å². The van der Waals surface area contributed by atoms with Crippen LogP contribution in [0.4, 0.5) is 0 Å². The van der Waals surface area contributed by atoms with Crippen molar-refractivity contribution >= 4 is 53.5 Å². The third-order valence-electron chi connectivity index (χ3n) is 10.1. The normalized spacial score (nSPS) is 12.9. The van der Waals surface area contributed by atoms with E-state index in [9.17, 15) is 36.6 Å². The van der Waals surface area contributed by atoms with Gasteiger partial charge in [-0.1, -0.05) is 111 Å². The van der Waals surface area contributed by atoms with E-state index in [1.165, 1.54) is 36.4 Å². The van der Waals surface area contributed by atoms with Gasteiger partial charge in [0.05, 0.1) is 23.0 Å². The summed E-state index contributed by atoms with van der Waals surface area (Å²) in [6, 6.07) is 25.1. The minimum Gasteiger partial charge on any atom is -0.507 e. The molecule has 14 heteroatoms. The lowest BCUT2D eigenvalue weighted by Crippen LogP contribution is -2.35. The highest BCUT2D eigenvalue weighted by Crippen LogP contribution is 2.50. The number of aryl methyl sites for hydroxylation is 2. The first-order chi connectivity index (χ1) is 28.7. The summed E-state index contributed by atoms with van der Waals surface area (Å²) in [5.74, 6) is -3.09. The summed E-state index contributed by atoms with van der Waals surface area (Å²) in [6.45, 7) is 7.39. The summed E-state index contributed by atoms with van der Waals surface area (Å²) >= 11 is 0. The molecule has 2 atom stereocenters. The van der Waals surface area contributed by atoms with Crippen LogP contribution in [0.2, 0.25) is 0 Å². The molecular weight excluding hydrogens is 805 g/mol. The van der Waals surface area contributed by atoms with Gasteiger partial charge in [0.2, 0.25) is 20.0 Å². The molecule has 4 N–H and O–H groups in total. The molecule has 0 aliphatic heterocycles. The highest BCUT2D eigenvalue weighted by molar-refractivity contribution is 7.89. The van der Waals surface area contributed by atoms with Crippen molar-refractivity contribution in [3.05, 3.63) is 131 Å². The third kappa shape index (κ3) is 9.47. The summed E-state index contributed by atoms with van der Waals surface area (Å²) in [5, 5.41) is 26.7. The van der Waals surface area contributed by atoms with E-state index >= 15 is 0 Å². The predicted octanol–water partition coefficient (Wildman–Crippen LogP) is 8.41. The molecule has 6 aromatic carbocycles. The molecule has 0 spiro atoms. The maximum Gasteiger partial charge on any atom is 0.328 e. The van der Waals surface area contributed by atoms with E-state index in [0.29, 0.717) is 47.2 Å². The molecule has 0 bridgehead atoms. The Morgan fingerprint density at radius 2 is 0.917 bits per heavy atom. The van der Waals surface area contributed by atoms with E-state index in [1.807, 2.05) is 13.8 Å². The number of hydrogen-bond donors (Lipinski definition) is 4. The quantitative estimate of drug-likeness (QED) is 0.0513. The van der Waals surface area contributed by atoms with Crippen LogP contribution in [0.1, 0.15) is 73.9 Å². The van der Waals surface area contributed by atoms with Crippen LogP contribution >= 0.6 is 0 Å². The zero-order valence-electron chi connectivity index (χ0n) is 33.8. The minimum atomic E-state index is -4.40. The maximum atomic E-state index is 14.0. The smallest absolute Gasteiger partial charge is 0.328 e. The number of unbranched alkanes of at least 4 members (excludes halogenated alkanes) is 2. The van der Waals surface area contributed by atoms with E-state index < -0.39 is 55.6 Å². The number of ether oxygens (including phenoxy) is 2. The molecule has 0 saturated carbocycles. The van der Waals surface area contributed by atoms with Crippen LogP contribution in [-0.4, -0.2) is 52.2 Å². The maximum absolute atomic E-state index is 14.0. The van der Waals surface area contributed by atoms with Gasteiger partial charge < -0.3 is 19.7 Å². The summed E-state index contributed by atoms with van der Waals surface area (Å²) in [7, 11) is -8.80. The molecule has 2 unspecified atom stereocenters. The predicted molar refractivity (Wildman–Crippen MR) is 230 cm³/mol. The van der Waals surface area contributed by atoms with E-state index in [-0.39, 0.29) is 45.3 Å². The van der Waals surface area contributed by atoms with Crippen LogP contribution in [0.25, 0.3) is 32.7 Å². The van der Waals surface area contributed by atoms with E-state index in [0.717, 1.165) is 11.1 Å². The largest absolute Gasteiger partial charge is 0.507 e. The number of aromatic hydroxyl groups is 2. The van der Waals surface area contributed by atoms with Gasteiger partial charge in [-0.15, -0.1) is 0 Å². The topological polar surface area (TPSA) is 185 Å². The molecule has 6 aromatic rings. The van der Waals surface area contributed by atoms with Crippen LogP contribution in [-0.2, 0) is 39.1 Å². The SMILES string of the molecule is CCCCOC(=O)C(NS(=O)(=O)c1ccc(C)cc1)c1cc2ccccc2c(-c2c(O)c(C(NS(=O)(=O)c3ccc(C)cc3)C(=O)OCCCC)cc3ccccc23)c1O. The molecule has 12 nitrogen and oxygen atoms in total. The Labute approximate surface area is 350 Å². The van der Waals surface area contributed by atoms with Gasteiger partial charge in [-0.2, -0.15) is 9.44 Å². The lowest BCUT2D eigenvalue weighted by Gasteiger charge is -2.25. The number of hydrogen-bond acceptors (Lipinski definition) is 10. The number of esters is 2. The number of phenolic OH excluding ortho intramolecular Hbond substituents is 2. The summed E-state index contributed by atoms with van der Waals surface area (Å²) < 4.78 is 71.6. The van der Waals surface area contributed by atoms with Crippen molar-refractivity contribution in [2.75, 3.05) is 13.2 Å². The first kappa shape index (κ1) is 43.8. The van der Waals surface area contributed by atoms with Crippen LogP contribution in [0, 0.1) is 13.8 Å². The molecule has 0 saturated heterocycles. The lowest BCUT2D eigenvalue weighted by atomic mass is 9.86. The standard InChI is InChI=1S/C46H48N2O10S2/c1-5-7-25-57-45(51)41(47-59(53,54)33-21-17-29(3)18-22-33)37-27-31-13-9-11-15-35(31)39(43(37)49)40-36-16-12-10-14-32(36)28-38(44(40)50)42(46(52)58-26-8-6-2)48-60(55,56)34-23-19-30(4)20-24-34/h9-24,27-28,41-42,47-50H,5-8,25-26H2,1-4H3. The van der Waals surface area contributed by atoms with Crippen molar-refractivity contribution in [3.8, 4) is 22.6 Å². The zero-order valence-corrected chi connectivity index (χ0v) is 35.4. The molecule has 0 radical (unpaired) electrons. The number of nitrogens with one attached hydrogen (secondary N) is 2. The Morgan fingerprint density at radius 1 is 0.567 bits per heavy atom. The molecule has 0 heterocycles. The second-order valence-electron chi connectivity index (χ2n) is 14.6. The average Bonchev–Trinajstić information content (AvgIpc) is 3.22. The average molecular weight is 853 g/mol. The van der Waals surface area contributed by atoms with Crippen LogP contribution < -0.4 is 9.44 Å². The Morgan fingerprint density at radius 3 is 1.27 bits per heavy atom. The fourth-order valence-electron chi connectivity index (χ4n) is 6.82. The summed E-state index contributed by atoms with van der Waals surface area (Å²) in [6.07, 6.45) is 2.38. The molecule has 60 heavy (non-hydrogen) atoms. The Balaban J connectivity index is 1.61. The van der Waals surface area contributed by atoms with Crippen LogP contribution in [0.3, 0.4) is 0 Å². The van der Waals surface area contributed by atoms with Gasteiger partial charge in [0.1, 0.15) is 23.6 Å². The van der Waals surface area contributed by atoms with Crippen molar-refractivity contribution in [2.24, 2.45) is 0 Å². The van der Waals surface area contributed by atoms with Crippen LogP contribution in [0.15, 0.2) is 119 Å². The highest BCUT2D eigenvalue weighted by Gasteiger charge is 2.36. The molecule has 314 valence electrons. The molecule has 0 aliphatic rings. The Hall–Kier alpha value is -5.80. The number of carbonyl (C=O) groups excluding carboxylic acids is 2. The van der Waals surface area contributed by atoms with Crippen molar-refractivity contribution < 1.29 is 46.1 Å². The molecular formula is C46H48N2O10S2. The van der Waals surface area contributed by atoms with Gasteiger partial charge in [0.15, 0.2) is 0 Å². The number of phenols is 2. The Kier molecular flexibility index (Phi) is 13.6. The number of sulfonamides is 2. The number of carbonyl (C=O) groups is 2. The van der Waals surface area contributed by atoms with Gasteiger partial charge in [0, 0.05) is 22.3 Å². The molecule has 6 rings (SSSR count). The van der Waals surface area contributed by atoms with Gasteiger partial charge >= 0.3 is 11.9 Å². The van der Waals surface area contributed by atoms with Gasteiger partial charge in [-0.3, -0.25) is 0 Å². The monoisotopic (exact) mass is 852 g/mol. The fraction of sp³-hybridized carbons (Fsp3) is 0.261. The number of rotatable bonds is 17. The molecule has 0 aliphatic carbocycles. The zero-order chi connectivity index (χ0) is 43.2. The third-order valence-corrected chi connectivity index (χ3v) is 13.0. The molecule has 0 amide bonds. The molecule has 0 aromatic heterocycles. The highest BCUT2D eigenvalue weighted by atomic mass is 32.2. The summed E-state index contributed by atoms with van der Waals surface area (Å²) in [4.78, 5) is 27.7. The summed E-state index contributed by atoms with van der Waals surface area (Å²) in [5.41, 5.74) is 1.25. The van der Waals surface area contributed by atoms with E-state index in [1.54, 1.807) is 86.6 Å². The Bertz CT molecular complexity index is 2560. The number of fused-ring (bicyclic) bond motifs is 2. The van der Waals surface area contributed by atoms with Gasteiger partial charge in [-0.05, 0) is 84.6 Å². The van der Waals surface area contributed by atoms with E-state index in [4.69, 9.17) is 9.47 Å². The minimum absolute atomic E-state index is 0.0129. The van der Waals surface area contributed by atoms with Crippen LogP contribution in [0.5, 0.6) is 11.5 Å². The first-order valence-corrected chi connectivity index (χ1v) is 22.6. The second-order valence-corrected chi connectivity index (χ2v) is 18.0. The number of benzene rings is 6. The van der Waals surface area contributed by atoms with Crippen molar-refractivity contribution in [3.63, 3.8) is 0 Å².